The molecule has 2 aromatic carbocycles. The van der Waals surface area contributed by atoms with Crippen LogP contribution in [-0.4, -0.2) is 29.2 Å². The van der Waals surface area contributed by atoms with Crippen molar-refractivity contribution in [3.63, 3.8) is 0 Å². The Bertz CT molecular complexity index is 797. The van der Waals surface area contributed by atoms with Gasteiger partial charge in [0.2, 0.25) is 11.8 Å². The third kappa shape index (κ3) is 4.27. The lowest BCUT2D eigenvalue weighted by molar-refractivity contribution is -0.139. The van der Waals surface area contributed by atoms with Crippen molar-refractivity contribution in [1.29, 1.82) is 0 Å². The fourth-order valence-electron chi connectivity index (χ4n) is 2.85. The molecule has 0 aromatic heterocycles. The summed E-state index contributed by atoms with van der Waals surface area (Å²) in [4.78, 5) is 36.8. The monoisotopic (exact) mass is 351 g/mol. The second-order valence-corrected chi connectivity index (χ2v) is 6.32. The highest BCUT2D eigenvalue weighted by Crippen LogP contribution is 2.16. The van der Waals surface area contributed by atoms with Crippen molar-refractivity contribution in [2.75, 3.05) is 12.3 Å². The van der Waals surface area contributed by atoms with Crippen LogP contribution in [0.15, 0.2) is 48.5 Å². The molecule has 0 spiro atoms. The molecular weight excluding hydrogens is 330 g/mol. The van der Waals surface area contributed by atoms with Crippen LogP contribution in [-0.2, 0) is 22.6 Å². The third-order valence-electron chi connectivity index (χ3n) is 4.39. The zero-order valence-electron chi connectivity index (χ0n) is 14.4. The fraction of sp³-hybridized carbons (Fsp3) is 0.250. The van der Waals surface area contributed by atoms with E-state index in [9.17, 15) is 14.4 Å². The SMILES string of the molecule is Nc1ccc(CCNC(=O)c2ccc(CN3C(=O)CCC3=O)cc2)cc1. The van der Waals surface area contributed by atoms with Crippen LogP contribution in [0.3, 0.4) is 0 Å². The van der Waals surface area contributed by atoms with Gasteiger partial charge in [-0.05, 0) is 41.8 Å². The molecule has 1 aliphatic heterocycles. The number of nitrogen functional groups attached to an aromatic ring is 1. The Labute approximate surface area is 152 Å². The number of carbonyl (C=O) groups is 3. The Kier molecular flexibility index (Phi) is 5.31. The van der Waals surface area contributed by atoms with Crippen molar-refractivity contribution >= 4 is 23.4 Å². The first-order chi connectivity index (χ1) is 12.5. The van der Waals surface area contributed by atoms with Gasteiger partial charge in [0.25, 0.3) is 5.91 Å². The van der Waals surface area contributed by atoms with Gasteiger partial charge in [0.05, 0.1) is 6.54 Å². The molecule has 3 N–H and O–H groups in total. The van der Waals surface area contributed by atoms with Crippen molar-refractivity contribution in [3.05, 3.63) is 65.2 Å². The maximum absolute atomic E-state index is 12.2. The number of imide groups is 1. The lowest BCUT2D eigenvalue weighted by atomic mass is 10.1. The minimum atomic E-state index is -0.152. The number of nitrogens with zero attached hydrogens (tertiary/aromatic N) is 1. The number of nitrogens with two attached hydrogens (primary N) is 1. The minimum Gasteiger partial charge on any atom is -0.399 e. The summed E-state index contributed by atoms with van der Waals surface area (Å²) < 4.78 is 0. The van der Waals surface area contributed by atoms with E-state index in [-0.39, 0.29) is 37.1 Å². The lowest BCUT2D eigenvalue weighted by Gasteiger charge is -2.14. The zero-order valence-corrected chi connectivity index (χ0v) is 14.4. The fourth-order valence-corrected chi connectivity index (χ4v) is 2.85. The van der Waals surface area contributed by atoms with Crippen LogP contribution in [0.25, 0.3) is 0 Å². The second-order valence-electron chi connectivity index (χ2n) is 6.32. The summed E-state index contributed by atoms with van der Waals surface area (Å²) in [6, 6.07) is 14.5. The zero-order chi connectivity index (χ0) is 18.5. The highest BCUT2D eigenvalue weighted by molar-refractivity contribution is 6.01. The van der Waals surface area contributed by atoms with Crippen molar-refractivity contribution < 1.29 is 14.4 Å². The summed E-state index contributed by atoms with van der Waals surface area (Å²) >= 11 is 0. The Hall–Kier alpha value is -3.15. The summed E-state index contributed by atoms with van der Waals surface area (Å²) in [5, 5.41) is 2.88. The van der Waals surface area contributed by atoms with E-state index in [2.05, 4.69) is 5.32 Å². The van der Waals surface area contributed by atoms with Gasteiger partial charge in [0.15, 0.2) is 0 Å². The van der Waals surface area contributed by atoms with Crippen LogP contribution in [0.4, 0.5) is 5.69 Å². The maximum atomic E-state index is 12.2. The molecule has 3 amide bonds. The Balaban J connectivity index is 1.51. The number of nitrogens with one attached hydrogen (secondary N) is 1. The first-order valence-electron chi connectivity index (χ1n) is 8.57. The van der Waals surface area contributed by atoms with Crippen molar-refractivity contribution in [1.82, 2.24) is 10.2 Å². The molecule has 1 saturated heterocycles. The molecule has 1 fully saturated rings. The Morgan fingerprint density at radius 3 is 2.12 bits per heavy atom. The van der Waals surface area contributed by atoms with E-state index >= 15 is 0 Å². The standard InChI is InChI=1S/C20H21N3O3/c21-17-7-3-14(4-8-17)11-12-22-20(26)16-5-1-15(2-6-16)13-23-18(24)9-10-19(23)25/h1-8H,9-13,21H2,(H,22,26). The molecule has 1 aliphatic rings. The largest absolute Gasteiger partial charge is 0.399 e. The number of likely N-dealkylation sites (tertiary alicyclic amines) is 1. The summed E-state index contributed by atoms with van der Waals surface area (Å²) in [6.45, 7) is 0.790. The number of benzene rings is 2. The quantitative estimate of drug-likeness (QED) is 0.614. The number of hydrogen-bond donors (Lipinski definition) is 2. The molecule has 1 heterocycles. The molecule has 0 aliphatic carbocycles. The number of carbonyl (C=O) groups excluding carboxylic acids is 3. The van der Waals surface area contributed by atoms with Gasteiger partial charge in [-0.3, -0.25) is 19.3 Å². The number of amides is 3. The Morgan fingerprint density at radius 1 is 0.923 bits per heavy atom. The van der Waals surface area contributed by atoms with Crippen LogP contribution < -0.4 is 11.1 Å². The van der Waals surface area contributed by atoms with Crippen LogP contribution >= 0.6 is 0 Å². The molecular formula is C20H21N3O3. The van der Waals surface area contributed by atoms with Crippen LogP contribution in [0, 0.1) is 0 Å². The predicted molar refractivity (Wildman–Crippen MR) is 98.1 cm³/mol. The summed E-state index contributed by atoms with van der Waals surface area (Å²) in [6.07, 6.45) is 1.30. The average Bonchev–Trinajstić information content (AvgIpc) is 2.96. The van der Waals surface area contributed by atoms with E-state index in [0.717, 1.165) is 23.2 Å². The van der Waals surface area contributed by atoms with Crippen molar-refractivity contribution in [2.24, 2.45) is 0 Å². The molecule has 0 atom stereocenters. The number of anilines is 1. The topological polar surface area (TPSA) is 92.5 Å². The van der Waals surface area contributed by atoms with Gasteiger partial charge < -0.3 is 11.1 Å². The van der Waals surface area contributed by atoms with E-state index in [0.29, 0.717) is 12.1 Å². The van der Waals surface area contributed by atoms with Gasteiger partial charge in [0.1, 0.15) is 0 Å². The lowest BCUT2D eigenvalue weighted by Crippen LogP contribution is -2.28. The normalized spacial score (nSPS) is 13.9. The van der Waals surface area contributed by atoms with Gasteiger partial charge >= 0.3 is 0 Å². The molecule has 6 nitrogen and oxygen atoms in total. The van der Waals surface area contributed by atoms with Crippen molar-refractivity contribution in [3.8, 4) is 0 Å². The maximum Gasteiger partial charge on any atom is 0.251 e. The van der Waals surface area contributed by atoms with E-state index in [1.165, 1.54) is 4.90 Å². The Morgan fingerprint density at radius 2 is 1.50 bits per heavy atom. The molecule has 0 bridgehead atoms. The molecule has 0 saturated carbocycles. The smallest absolute Gasteiger partial charge is 0.251 e. The minimum absolute atomic E-state index is 0.139. The third-order valence-corrected chi connectivity index (χ3v) is 4.39. The number of hydrogen-bond acceptors (Lipinski definition) is 4. The van der Waals surface area contributed by atoms with Crippen LogP contribution in [0.5, 0.6) is 0 Å². The molecule has 0 unspecified atom stereocenters. The van der Waals surface area contributed by atoms with Gasteiger partial charge in [-0.25, -0.2) is 0 Å². The van der Waals surface area contributed by atoms with Gasteiger partial charge in [-0.1, -0.05) is 24.3 Å². The number of rotatable bonds is 6. The van der Waals surface area contributed by atoms with Crippen LogP contribution in [0.1, 0.15) is 34.3 Å². The first-order valence-corrected chi connectivity index (χ1v) is 8.57. The summed E-state index contributed by atoms with van der Waals surface area (Å²) in [5.41, 5.74) is 8.84. The van der Waals surface area contributed by atoms with E-state index < -0.39 is 0 Å². The van der Waals surface area contributed by atoms with Gasteiger partial charge in [-0.15, -0.1) is 0 Å². The molecule has 3 rings (SSSR count). The molecule has 26 heavy (non-hydrogen) atoms. The molecule has 2 aromatic rings. The second kappa shape index (κ2) is 7.82. The van der Waals surface area contributed by atoms with Gasteiger partial charge in [-0.2, -0.15) is 0 Å². The molecule has 134 valence electrons. The predicted octanol–water partition coefficient (Wildman–Crippen LogP) is 1.89. The highest BCUT2D eigenvalue weighted by atomic mass is 16.2. The van der Waals surface area contributed by atoms with Gasteiger partial charge in [0, 0.05) is 30.6 Å². The average molecular weight is 351 g/mol. The van der Waals surface area contributed by atoms with Crippen molar-refractivity contribution in [2.45, 2.75) is 25.8 Å². The molecule has 0 radical (unpaired) electrons. The first kappa shape index (κ1) is 17.7. The van der Waals surface area contributed by atoms with Crippen LogP contribution in [0.2, 0.25) is 0 Å². The van der Waals surface area contributed by atoms with E-state index in [4.69, 9.17) is 5.73 Å². The highest BCUT2D eigenvalue weighted by Gasteiger charge is 2.28. The summed E-state index contributed by atoms with van der Waals surface area (Å²) in [7, 11) is 0. The molecule has 6 heteroatoms. The summed E-state index contributed by atoms with van der Waals surface area (Å²) in [5.74, 6) is -0.431. The van der Waals surface area contributed by atoms with E-state index in [1.807, 2.05) is 24.3 Å². The van der Waals surface area contributed by atoms with E-state index in [1.54, 1.807) is 24.3 Å².